The molecule has 0 saturated heterocycles. The van der Waals surface area contributed by atoms with Gasteiger partial charge in [-0.1, -0.05) is 6.07 Å². The first-order valence-corrected chi connectivity index (χ1v) is 10.3. The zero-order valence-electron chi connectivity index (χ0n) is 14.9. The summed E-state index contributed by atoms with van der Waals surface area (Å²) in [4.78, 5) is 16.4. The zero-order chi connectivity index (χ0) is 18.5. The van der Waals surface area contributed by atoms with Crippen molar-refractivity contribution in [2.24, 2.45) is 7.05 Å². The maximum absolute atomic E-state index is 12.5. The number of benzene rings is 1. The molecule has 7 nitrogen and oxygen atoms in total. The van der Waals surface area contributed by atoms with Crippen LogP contribution in [0.25, 0.3) is 0 Å². The molecule has 1 heterocycles. The molecule has 0 saturated carbocycles. The Morgan fingerprint density at radius 2 is 1.73 bits per heavy atom. The van der Waals surface area contributed by atoms with Gasteiger partial charge in [0.05, 0.1) is 0 Å². The molecule has 2 N–H and O–H groups in total. The maximum Gasteiger partial charge on any atom is 0.333 e. The summed E-state index contributed by atoms with van der Waals surface area (Å²) in [6, 6.07) is 1.53. The number of carbonyl (C=O) groups is 1. The van der Waals surface area contributed by atoms with Gasteiger partial charge in [-0.3, -0.25) is 0 Å². The number of amides is 2. The van der Waals surface area contributed by atoms with Crippen LogP contribution in [0.2, 0.25) is 0 Å². The van der Waals surface area contributed by atoms with E-state index in [1.165, 1.54) is 17.3 Å². The van der Waals surface area contributed by atoms with Gasteiger partial charge in [0.15, 0.2) is 5.03 Å². The normalized spacial score (nSPS) is 15.6. The number of carbonyl (C=O) groups excluding carboxylic acids is 1. The van der Waals surface area contributed by atoms with Crippen molar-refractivity contribution in [1.82, 2.24) is 14.3 Å². The number of nitrogens with zero attached hydrogens (tertiary/aromatic N) is 2. The van der Waals surface area contributed by atoms with Gasteiger partial charge in [0.1, 0.15) is 5.82 Å². The van der Waals surface area contributed by atoms with Gasteiger partial charge in [-0.25, -0.2) is 14.5 Å². The van der Waals surface area contributed by atoms with Crippen molar-refractivity contribution in [3.8, 4) is 0 Å². The minimum atomic E-state index is -4.00. The van der Waals surface area contributed by atoms with Gasteiger partial charge in [-0.2, -0.15) is 8.42 Å². The molecule has 0 fully saturated rings. The van der Waals surface area contributed by atoms with Gasteiger partial charge >= 0.3 is 6.03 Å². The molecule has 2 aliphatic rings. The van der Waals surface area contributed by atoms with Gasteiger partial charge in [0, 0.05) is 18.9 Å². The molecule has 0 aliphatic heterocycles. The number of anilines is 1. The molecule has 138 valence electrons. The van der Waals surface area contributed by atoms with Gasteiger partial charge in [0.2, 0.25) is 0 Å². The van der Waals surface area contributed by atoms with Crippen LogP contribution in [0.1, 0.15) is 40.9 Å². The van der Waals surface area contributed by atoms with Crippen LogP contribution in [-0.2, 0) is 42.8 Å². The highest BCUT2D eigenvalue weighted by molar-refractivity contribution is 7.90. The lowest BCUT2D eigenvalue weighted by molar-refractivity contribution is 0.256. The highest BCUT2D eigenvalue weighted by Crippen LogP contribution is 2.38. The van der Waals surface area contributed by atoms with Gasteiger partial charge < -0.3 is 9.88 Å². The topological polar surface area (TPSA) is 93.1 Å². The third-order valence-corrected chi connectivity index (χ3v) is 6.50. The summed E-state index contributed by atoms with van der Waals surface area (Å²) in [5, 5.41) is 2.67. The highest BCUT2D eigenvalue weighted by atomic mass is 32.2. The third kappa shape index (κ3) is 2.88. The molecular formula is C18H22N4O3S. The van der Waals surface area contributed by atoms with E-state index in [1.807, 2.05) is 0 Å². The second kappa shape index (κ2) is 6.12. The summed E-state index contributed by atoms with van der Waals surface area (Å²) in [7, 11) is -2.30. The second-order valence-corrected chi connectivity index (χ2v) is 8.66. The van der Waals surface area contributed by atoms with Crippen LogP contribution in [-0.4, -0.2) is 24.0 Å². The number of aryl methyl sites for hydroxylation is 4. The Hall–Kier alpha value is -2.35. The highest BCUT2D eigenvalue weighted by Gasteiger charge is 2.27. The van der Waals surface area contributed by atoms with E-state index in [0.29, 0.717) is 5.82 Å². The average Bonchev–Trinajstić information content (AvgIpc) is 3.27. The Morgan fingerprint density at radius 1 is 1.12 bits per heavy atom. The third-order valence-electron chi connectivity index (χ3n) is 5.30. The predicted octanol–water partition coefficient (Wildman–Crippen LogP) is 2.22. The molecule has 0 atom stereocenters. The Balaban J connectivity index is 1.60. The van der Waals surface area contributed by atoms with Crippen molar-refractivity contribution < 1.29 is 13.2 Å². The second-order valence-electron chi connectivity index (χ2n) is 7.03. The van der Waals surface area contributed by atoms with Crippen LogP contribution in [0.5, 0.6) is 0 Å². The van der Waals surface area contributed by atoms with Gasteiger partial charge in [0.25, 0.3) is 10.0 Å². The Kier molecular flexibility index (Phi) is 4.02. The number of aromatic nitrogens is 2. The van der Waals surface area contributed by atoms with E-state index in [2.05, 4.69) is 21.1 Å². The molecule has 2 aliphatic carbocycles. The molecule has 0 unspecified atom stereocenters. The van der Waals surface area contributed by atoms with E-state index < -0.39 is 16.1 Å². The van der Waals surface area contributed by atoms with Crippen LogP contribution >= 0.6 is 0 Å². The average molecular weight is 374 g/mol. The molecule has 26 heavy (non-hydrogen) atoms. The number of nitrogens with one attached hydrogen (secondary N) is 2. The van der Waals surface area contributed by atoms with E-state index in [-0.39, 0.29) is 5.03 Å². The SMILES string of the molecule is Cc1nc(S(=O)(=O)NC(=O)Nc2c3c(cc4c2CCC4)CCC3)cn1C. The quantitative estimate of drug-likeness (QED) is 0.861. The molecule has 1 aromatic carbocycles. The van der Waals surface area contributed by atoms with Crippen LogP contribution in [0.15, 0.2) is 17.3 Å². The molecule has 0 bridgehead atoms. The summed E-state index contributed by atoms with van der Waals surface area (Å²) < 4.78 is 28.5. The number of sulfonamides is 1. The van der Waals surface area contributed by atoms with Crippen LogP contribution in [0, 0.1) is 6.92 Å². The van der Waals surface area contributed by atoms with Crippen molar-refractivity contribution in [3.05, 3.63) is 40.3 Å². The van der Waals surface area contributed by atoms with Gasteiger partial charge in [-0.05, 0) is 67.7 Å². The number of fused-ring (bicyclic) bond motifs is 2. The largest absolute Gasteiger partial charge is 0.337 e. The fourth-order valence-corrected chi connectivity index (χ4v) is 4.89. The van der Waals surface area contributed by atoms with Crippen molar-refractivity contribution in [2.75, 3.05) is 5.32 Å². The predicted molar refractivity (Wildman–Crippen MR) is 97.8 cm³/mol. The summed E-state index contributed by atoms with van der Waals surface area (Å²) in [5.74, 6) is 0.560. The van der Waals surface area contributed by atoms with E-state index in [1.54, 1.807) is 18.5 Å². The van der Waals surface area contributed by atoms with Crippen molar-refractivity contribution in [1.29, 1.82) is 0 Å². The van der Waals surface area contributed by atoms with E-state index in [9.17, 15) is 13.2 Å². The summed E-state index contributed by atoms with van der Waals surface area (Å²) in [5.41, 5.74) is 5.70. The minimum absolute atomic E-state index is 0.156. The van der Waals surface area contributed by atoms with Crippen LogP contribution in [0.3, 0.4) is 0 Å². The fourth-order valence-electron chi connectivity index (χ4n) is 3.94. The van der Waals surface area contributed by atoms with Gasteiger partial charge in [-0.15, -0.1) is 0 Å². The molecule has 2 amide bonds. The Bertz CT molecular complexity index is 956. The summed E-state index contributed by atoms with van der Waals surface area (Å²) in [6.45, 7) is 1.70. The number of imidazole rings is 1. The number of urea groups is 1. The van der Waals surface area contributed by atoms with Crippen LogP contribution < -0.4 is 10.0 Å². The lowest BCUT2D eigenvalue weighted by atomic mass is 9.99. The van der Waals surface area contributed by atoms with E-state index in [0.717, 1.165) is 55.3 Å². The lowest BCUT2D eigenvalue weighted by Gasteiger charge is -2.16. The molecule has 2 aromatic rings. The van der Waals surface area contributed by atoms with Crippen molar-refractivity contribution in [2.45, 2.75) is 50.5 Å². The Labute approximate surface area is 152 Å². The first-order chi connectivity index (χ1) is 12.3. The molecule has 1 aromatic heterocycles. The molecule has 4 rings (SSSR count). The fraction of sp³-hybridized carbons (Fsp3) is 0.444. The monoisotopic (exact) mass is 374 g/mol. The van der Waals surface area contributed by atoms with Crippen molar-refractivity contribution >= 4 is 21.7 Å². The standard InChI is InChI=1S/C18H22N4O3S/c1-11-19-16(10-22(11)2)26(24,25)21-18(23)20-17-14-7-3-5-12(14)9-13-6-4-8-15(13)17/h9-10H,3-8H2,1-2H3,(H2,20,21,23). The lowest BCUT2D eigenvalue weighted by Crippen LogP contribution is -2.35. The molecule has 0 spiro atoms. The minimum Gasteiger partial charge on any atom is -0.337 e. The van der Waals surface area contributed by atoms with E-state index >= 15 is 0 Å². The smallest absolute Gasteiger partial charge is 0.333 e. The number of rotatable bonds is 3. The first-order valence-electron chi connectivity index (χ1n) is 8.85. The van der Waals surface area contributed by atoms with E-state index in [4.69, 9.17) is 0 Å². The van der Waals surface area contributed by atoms with Crippen molar-refractivity contribution in [3.63, 3.8) is 0 Å². The Morgan fingerprint density at radius 3 is 2.27 bits per heavy atom. The number of hydrogen-bond donors (Lipinski definition) is 2. The van der Waals surface area contributed by atoms with Crippen LogP contribution in [0.4, 0.5) is 10.5 Å². The molecule has 8 heteroatoms. The zero-order valence-corrected chi connectivity index (χ0v) is 15.7. The first kappa shape index (κ1) is 17.1. The molecular weight excluding hydrogens is 352 g/mol. The summed E-state index contributed by atoms with van der Waals surface area (Å²) in [6.07, 6.45) is 7.41. The summed E-state index contributed by atoms with van der Waals surface area (Å²) >= 11 is 0. The maximum atomic E-state index is 12.5. The molecule has 0 radical (unpaired) electrons. The number of hydrogen-bond acceptors (Lipinski definition) is 4.